The molecule has 0 saturated heterocycles. The van der Waals surface area contributed by atoms with Crippen molar-refractivity contribution in [2.24, 2.45) is 0 Å². The molecule has 1 N–H and O–H groups in total. The topological polar surface area (TPSA) is 66.3 Å². The molecule has 1 saturated carbocycles. The molecule has 17 heavy (non-hydrogen) atoms. The zero-order valence-corrected chi connectivity index (χ0v) is 10.1. The van der Waals surface area contributed by atoms with Crippen LogP contribution in [0.25, 0.3) is 0 Å². The fourth-order valence-electron chi connectivity index (χ4n) is 2.13. The predicted octanol–water partition coefficient (Wildman–Crippen LogP) is 1.40. The van der Waals surface area contributed by atoms with Crippen molar-refractivity contribution in [3.8, 4) is 0 Å². The summed E-state index contributed by atoms with van der Waals surface area (Å²) in [5.41, 5.74) is 1.75. The molecule has 1 atom stereocenters. The third-order valence-electron chi connectivity index (χ3n) is 3.15. The van der Waals surface area contributed by atoms with E-state index in [2.05, 4.69) is 9.97 Å². The molecule has 0 bridgehead atoms. The SMILES string of the molecule is Cc1nccnc1C(C)N(CC(=O)O)C1CC1. The summed E-state index contributed by atoms with van der Waals surface area (Å²) >= 11 is 0. The number of hydrogen-bond donors (Lipinski definition) is 1. The van der Waals surface area contributed by atoms with Gasteiger partial charge in [0.2, 0.25) is 0 Å². The first-order valence-electron chi connectivity index (χ1n) is 5.84. The smallest absolute Gasteiger partial charge is 0.317 e. The summed E-state index contributed by atoms with van der Waals surface area (Å²) in [4.78, 5) is 21.4. The summed E-state index contributed by atoms with van der Waals surface area (Å²) in [7, 11) is 0. The molecule has 2 rings (SSSR count). The maximum absolute atomic E-state index is 10.9. The van der Waals surface area contributed by atoms with Crippen molar-refractivity contribution in [2.75, 3.05) is 6.54 Å². The Labute approximate surface area is 100 Å². The van der Waals surface area contributed by atoms with E-state index in [1.165, 1.54) is 0 Å². The number of aromatic nitrogens is 2. The van der Waals surface area contributed by atoms with Gasteiger partial charge in [0, 0.05) is 18.4 Å². The zero-order valence-electron chi connectivity index (χ0n) is 10.1. The molecule has 1 heterocycles. The van der Waals surface area contributed by atoms with Crippen LogP contribution in [0.3, 0.4) is 0 Å². The van der Waals surface area contributed by atoms with Gasteiger partial charge in [-0.15, -0.1) is 0 Å². The molecule has 0 amide bonds. The van der Waals surface area contributed by atoms with E-state index in [-0.39, 0.29) is 12.6 Å². The lowest BCUT2D eigenvalue weighted by atomic mass is 10.1. The van der Waals surface area contributed by atoms with Gasteiger partial charge in [-0.2, -0.15) is 0 Å². The summed E-state index contributed by atoms with van der Waals surface area (Å²) < 4.78 is 0. The molecule has 0 aromatic carbocycles. The van der Waals surface area contributed by atoms with Gasteiger partial charge in [-0.1, -0.05) is 0 Å². The minimum atomic E-state index is -0.787. The van der Waals surface area contributed by atoms with Crippen LogP contribution in [0.4, 0.5) is 0 Å². The Morgan fingerprint density at radius 2 is 2.18 bits per heavy atom. The van der Waals surface area contributed by atoms with Gasteiger partial charge in [0.1, 0.15) is 0 Å². The lowest BCUT2D eigenvalue weighted by molar-refractivity contribution is -0.139. The molecule has 1 aromatic rings. The van der Waals surface area contributed by atoms with E-state index in [1.54, 1.807) is 12.4 Å². The molecule has 92 valence electrons. The Bertz CT molecular complexity index is 418. The van der Waals surface area contributed by atoms with E-state index in [1.807, 2.05) is 18.7 Å². The quantitative estimate of drug-likeness (QED) is 0.835. The maximum atomic E-state index is 10.9. The third kappa shape index (κ3) is 2.79. The number of carbonyl (C=O) groups is 1. The number of aryl methyl sites for hydroxylation is 1. The van der Waals surface area contributed by atoms with Gasteiger partial charge in [0.05, 0.1) is 24.0 Å². The Kier molecular flexibility index (Phi) is 3.38. The molecular formula is C12H17N3O2. The van der Waals surface area contributed by atoms with Crippen LogP contribution in [0.5, 0.6) is 0 Å². The first-order valence-corrected chi connectivity index (χ1v) is 5.84. The summed E-state index contributed by atoms with van der Waals surface area (Å²) in [6.07, 6.45) is 5.47. The van der Waals surface area contributed by atoms with Crippen LogP contribution in [0, 0.1) is 6.92 Å². The Hall–Kier alpha value is -1.49. The lowest BCUT2D eigenvalue weighted by Crippen LogP contribution is -2.35. The highest BCUT2D eigenvalue weighted by Crippen LogP contribution is 2.33. The Morgan fingerprint density at radius 3 is 2.71 bits per heavy atom. The fourth-order valence-corrected chi connectivity index (χ4v) is 2.13. The lowest BCUT2D eigenvalue weighted by Gasteiger charge is -2.27. The summed E-state index contributed by atoms with van der Waals surface area (Å²) in [5.74, 6) is -0.787. The number of hydrogen-bond acceptors (Lipinski definition) is 4. The number of rotatable bonds is 5. The van der Waals surface area contributed by atoms with E-state index in [9.17, 15) is 4.79 Å². The molecule has 5 heteroatoms. The van der Waals surface area contributed by atoms with Gasteiger partial charge in [-0.25, -0.2) is 0 Å². The largest absolute Gasteiger partial charge is 0.480 e. The van der Waals surface area contributed by atoms with E-state index < -0.39 is 5.97 Å². The summed E-state index contributed by atoms with van der Waals surface area (Å²) in [6.45, 7) is 3.98. The Balaban J connectivity index is 2.18. The van der Waals surface area contributed by atoms with Crippen LogP contribution >= 0.6 is 0 Å². The Morgan fingerprint density at radius 1 is 1.53 bits per heavy atom. The highest BCUT2D eigenvalue weighted by atomic mass is 16.4. The van der Waals surface area contributed by atoms with Crippen LogP contribution < -0.4 is 0 Å². The minimum Gasteiger partial charge on any atom is -0.480 e. The molecule has 1 aliphatic rings. The van der Waals surface area contributed by atoms with Crippen LogP contribution in [0.2, 0.25) is 0 Å². The van der Waals surface area contributed by atoms with Crippen molar-refractivity contribution in [2.45, 2.75) is 38.8 Å². The third-order valence-corrected chi connectivity index (χ3v) is 3.15. The van der Waals surface area contributed by atoms with Crippen molar-refractivity contribution in [3.05, 3.63) is 23.8 Å². The fraction of sp³-hybridized carbons (Fsp3) is 0.583. The van der Waals surface area contributed by atoms with Crippen LogP contribution in [0.1, 0.15) is 37.2 Å². The van der Waals surface area contributed by atoms with Gasteiger partial charge in [0.15, 0.2) is 0 Å². The molecule has 0 spiro atoms. The van der Waals surface area contributed by atoms with Gasteiger partial charge in [0.25, 0.3) is 0 Å². The van der Waals surface area contributed by atoms with E-state index >= 15 is 0 Å². The summed E-state index contributed by atoms with van der Waals surface area (Å²) in [6, 6.07) is 0.398. The van der Waals surface area contributed by atoms with Gasteiger partial charge in [-0.05, 0) is 26.7 Å². The molecular weight excluding hydrogens is 218 g/mol. The van der Waals surface area contributed by atoms with Gasteiger partial charge in [-0.3, -0.25) is 19.7 Å². The van der Waals surface area contributed by atoms with Crippen molar-refractivity contribution in [1.82, 2.24) is 14.9 Å². The standard InChI is InChI=1S/C12H17N3O2/c1-8-12(14-6-5-13-8)9(2)15(7-11(16)17)10-3-4-10/h5-6,9-10H,3-4,7H2,1-2H3,(H,16,17). The van der Waals surface area contributed by atoms with Crippen LogP contribution in [-0.4, -0.2) is 38.5 Å². The average molecular weight is 235 g/mol. The van der Waals surface area contributed by atoms with Crippen molar-refractivity contribution < 1.29 is 9.90 Å². The van der Waals surface area contributed by atoms with Crippen molar-refractivity contribution >= 4 is 5.97 Å². The number of carboxylic acid groups (broad SMARTS) is 1. The molecule has 0 radical (unpaired) electrons. The second kappa shape index (κ2) is 4.79. The van der Waals surface area contributed by atoms with E-state index in [4.69, 9.17) is 5.11 Å². The van der Waals surface area contributed by atoms with Crippen molar-refractivity contribution in [1.29, 1.82) is 0 Å². The molecule has 1 unspecified atom stereocenters. The van der Waals surface area contributed by atoms with E-state index in [0.717, 1.165) is 24.2 Å². The maximum Gasteiger partial charge on any atom is 0.317 e. The molecule has 1 fully saturated rings. The zero-order chi connectivity index (χ0) is 12.4. The van der Waals surface area contributed by atoms with E-state index in [0.29, 0.717) is 6.04 Å². The normalized spacial score (nSPS) is 17.1. The second-order valence-electron chi connectivity index (χ2n) is 4.50. The number of nitrogens with zero attached hydrogens (tertiary/aromatic N) is 3. The van der Waals surface area contributed by atoms with Crippen molar-refractivity contribution in [3.63, 3.8) is 0 Å². The average Bonchev–Trinajstić information content (AvgIpc) is 3.09. The highest BCUT2D eigenvalue weighted by Gasteiger charge is 2.34. The van der Waals surface area contributed by atoms with Crippen LogP contribution in [-0.2, 0) is 4.79 Å². The first-order chi connectivity index (χ1) is 8.09. The van der Waals surface area contributed by atoms with Gasteiger partial charge >= 0.3 is 5.97 Å². The van der Waals surface area contributed by atoms with Gasteiger partial charge < -0.3 is 5.11 Å². The first kappa shape index (κ1) is 12.0. The molecule has 0 aliphatic heterocycles. The predicted molar refractivity (Wildman–Crippen MR) is 62.5 cm³/mol. The number of aliphatic carboxylic acids is 1. The molecule has 1 aromatic heterocycles. The molecule has 5 nitrogen and oxygen atoms in total. The minimum absolute atomic E-state index is 0.00676. The van der Waals surface area contributed by atoms with Crippen LogP contribution in [0.15, 0.2) is 12.4 Å². The highest BCUT2D eigenvalue weighted by molar-refractivity contribution is 5.69. The second-order valence-corrected chi connectivity index (χ2v) is 4.50. The number of carboxylic acids is 1. The molecule has 1 aliphatic carbocycles. The monoisotopic (exact) mass is 235 g/mol. The summed E-state index contributed by atoms with van der Waals surface area (Å²) in [5, 5.41) is 8.95.